The van der Waals surface area contributed by atoms with Crippen LogP contribution in [0.4, 0.5) is 4.79 Å². The first kappa shape index (κ1) is 18.5. The summed E-state index contributed by atoms with van der Waals surface area (Å²) in [5.74, 6) is 0. The van der Waals surface area contributed by atoms with Crippen molar-refractivity contribution in [2.75, 3.05) is 45.9 Å². The van der Waals surface area contributed by atoms with Crippen LogP contribution in [0, 0.1) is 0 Å². The molecule has 0 spiro atoms. The van der Waals surface area contributed by atoms with Gasteiger partial charge in [0.2, 0.25) is 0 Å². The minimum absolute atomic E-state index is 0.0884. The van der Waals surface area contributed by atoms with Crippen molar-refractivity contribution < 1.29 is 9.53 Å². The average Bonchev–Trinajstić information content (AvgIpc) is 2.63. The number of nitrogens with one attached hydrogen (secondary N) is 1. The van der Waals surface area contributed by atoms with Crippen LogP contribution < -0.4 is 5.32 Å². The predicted octanol–water partition coefficient (Wildman–Crippen LogP) is 2.78. The predicted molar refractivity (Wildman–Crippen MR) is 100 cm³/mol. The lowest BCUT2D eigenvalue weighted by atomic mass is 10.1. The Hall–Kier alpha value is -1.30. The molecule has 2 amide bonds. The van der Waals surface area contributed by atoms with Crippen molar-refractivity contribution in [2.24, 2.45) is 0 Å². The largest absolute Gasteiger partial charge is 0.381 e. The third kappa shape index (κ3) is 5.87. The van der Waals surface area contributed by atoms with Crippen LogP contribution in [0.2, 0.25) is 5.02 Å². The van der Waals surface area contributed by atoms with Crippen LogP contribution in [0.15, 0.2) is 24.3 Å². The van der Waals surface area contributed by atoms with Gasteiger partial charge in [-0.3, -0.25) is 4.90 Å². The fourth-order valence-electron chi connectivity index (χ4n) is 3.48. The molecule has 0 radical (unpaired) electrons. The average molecular weight is 366 g/mol. The van der Waals surface area contributed by atoms with Crippen molar-refractivity contribution in [3.63, 3.8) is 0 Å². The molecule has 2 saturated heterocycles. The number of urea groups is 1. The number of halogens is 1. The van der Waals surface area contributed by atoms with E-state index >= 15 is 0 Å². The van der Waals surface area contributed by atoms with E-state index in [9.17, 15) is 4.79 Å². The first-order valence-electron chi connectivity index (χ1n) is 9.31. The summed E-state index contributed by atoms with van der Waals surface area (Å²) in [7, 11) is 0. The minimum atomic E-state index is 0.0884. The summed E-state index contributed by atoms with van der Waals surface area (Å²) in [6.45, 7) is 6.12. The van der Waals surface area contributed by atoms with Crippen molar-refractivity contribution in [3.05, 3.63) is 34.9 Å². The lowest BCUT2D eigenvalue weighted by Crippen LogP contribution is -2.54. The Labute approximate surface area is 155 Å². The molecule has 0 bridgehead atoms. The fourth-order valence-corrected chi connectivity index (χ4v) is 3.69. The molecular weight excluding hydrogens is 338 g/mol. The van der Waals surface area contributed by atoms with Crippen LogP contribution in [0.1, 0.15) is 24.8 Å². The summed E-state index contributed by atoms with van der Waals surface area (Å²) < 4.78 is 5.34. The van der Waals surface area contributed by atoms with E-state index in [0.717, 1.165) is 76.6 Å². The summed E-state index contributed by atoms with van der Waals surface area (Å²) in [4.78, 5) is 16.7. The molecule has 1 N–H and O–H groups in total. The maximum atomic E-state index is 12.3. The zero-order chi connectivity index (χ0) is 17.5. The second kappa shape index (κ2) is 9.41. The molecule has 138 valence electrons. The van der Waals surface area contributed by atoms with Gasteiger partial charge in [0.15, 0.2) is 0 Å². The molecule has 5 nitrogen and oxygen atoms in total. The number of piperazine rings is 1. The van der Waals surface area contributed by atoms with E-state index in [-0.39, 0.29) is 12.1 Å². The molecule has 0 aromatic heterocycles. The third-order valence-electron chi connectivity index (χ3n) is 5.04. The number of carbonyl (C=O) groups excluding carboxylic acids is 1. The Bertz CT molecular complexity index is 555. The molecule has 2 aliphatic heterocycles. The Morgan fingerprint density at radius 2 is 1.96 bits per heavy atom. The third-order valence-corrected chi connectivity index (χ3v) is 5.27. The summed E-state index contributed by atoms with van der Waals surface area (Å²) in [5.41, 5.74) is 1.29. The van der Waals surface area contributed by atoms with Crippen LogP contribution in [-0.2, 0) is 11.2 Å². The number of rotatable bonds is 5. The normalized spacial score (nSPS) is 19.8. The summed E-state index contributed by atoms with van der Waals surface area (Å²) in [6.07, 6.45) is 4.02. The van der Waals surface area contributed by atoms with Gasteiger partial charge in [0, 0.05) is 50.5 Å². The van der Waals surface area contributed by atoms with Gasteiger partial charge in [0.05, 0.1) is 0 Å². The van der Waals surface area contributed by atoms with Crippen molar-refractivity contribution in [1.29, 1.82) is 0 Å². The fraction of sp³-hybridized carbons (Fsp3) is 0.632. The summed E-state index contributed by atoms with van der Waals surface area (Å²) in [6, 6.07) is 8.45. The van der Waals surface area contributed by atoms with Gasteiger partial charge in [-0.25, -0.2) is 4.79 Å². The van der Waals surface area contributed by atoms with E-state index in [2.05, 4.69) is 16.3 Å². The molecule has 0 unspecified atom stereocenters. The van der Waals surface area contributed by atoms with Crippen LogP contribution in [-0.4, -0.2) is 67.8 Å². The van der Waals surface area contributed by atoms with Gasteiger partial charge in [0.25, 0.3) is 0 Å². The molecule has 0 aliphatic carbocycles. The number of hydrogen-bond acceptors (Lipinski definition) is 3. The Morgan fingerprint density at radius 3 is 2.68 bits per heavy atom. The number of benzene rings is 1. The van der Waals surface area contributed by atoms with Crippen molar-refractivity contribution in [1.82, 2.24) is 15.1 Å². The first-order valence-corrected chi connectivity index (χ1v) is 9.68. The van der Waals surface area contributed by atoms with Crippen LogP contribution in [0.5, 0.6) is 0 Å². The second-order valence-electron chi connectivity index (χ2n) is 6.90. The highest BCUT2D eigenvalue weighted by Crippen LogP contribution is 2.13. The van der Waals surface area contributed by atoms with Crippen LogP contribution in [0.25, 0.3) is 0 Å². The van der Waals surface area contributed by atoms with Gasteiger partial charge in [-0.2, -0.15) is 0 Å². The molecule has 0 saturated carbocycles. The standard InChI is InChI=1S/C19H28ClN3O2/c20-17-5-1-3-16(15-17)4-2-8-22-9-11-23(12-10-22)19(24)21-18-6-13-25-14-7-18/h1,3,5,15,18H,2,4,6-14H2,(H,21,24). The van der Waals surface area contributed by atoms with Gasteiger partial charge in [-0.1, -0.05) is 23.7 Å². The van der Waals surface area contributed by atoms with Crippen LogP contribution >= 0.6 is 11.6 Å². The smallest absolute Gasteiger partial charge is 0.317 e. The van der Waals surface area contributed by atoms with Crippen molar-refractivity contribution >= 4 is 17.6 Å². The molecule has 25 heavy (non-hydrogen) atoms. The first-order chi connectivity index (χ1) is 12.2. The molecule has 2 aliphatic rings. The van der Waals surface area contributed by atoms with Gasteiger partial charge in [0.1, 0.15) is 0 Å². The van der Waals surface area contributed by atoms with E-state index in [1.165, 1.54) is 5.56 Å². The highest BCUT2D eigenvalue weighted by Gasteiger charge is 2.23. The highest BCUT2D eigenvalue weighted by atomic mass is 35.5. The molecule has 1 aromatic carbocycles. The van der Waals surface area contributed by atoms with Crippen molar-refractivity contribution in [3.8, 4) is 0 Å². The van der Waals surface area contributed by atoms with E-state index < -0.39 is 0 Å². The van der Waals surface area contributed by atoms with E-state index in [1.807, 2.05) is 23.1 Å². The zero-order valence-electron chi connectivity index (χ0n) is 14.8. The summed E-state index contributed by atoms with van der Waals surface area (Å²) in [5, 5.41) is 3.96. The number of nitrogens with zero attached hydrogens (tertiary/aromatic N) is 2. The van der Waals surface area contributed by atoms with Gasteiger partial charge in [-0.05, 0) is 49.9 Å². The number of carbonyl (C=O) groups is 1. The molecule has 3 rings (SSSR count). The maximum absolute atomic E-state index is 12.3. The monoisotopic (exact) mass is 365 g/mol. The van der Waals surface area contributed by atoms with Crippen molar-refractivity contribution in [2.45, 2.75) is 31.7 Å². The molecule has 0 atom stereocenters. The SMILES string of the molecule is O=C(NC1CCOCC1)N1CCN(CCCc2cccc(Cl)c2)CC1. The second-order valence-corrected chi connectivity index (χ2v) is 7.33. The maximum Gasteiger partial charge on any atom is 0.317 e. The minimum Gasteiger partial charge on any atom is -0.381 e. The van der Waals surface area contributed by atoms with Gasteiger partial charge >= 0.3 is 6.03 Å². The van der Waals surface area contributed by atoms with E-state index in [1.54, 1.807) is 0 Å². The highest BCUT2D eigenvalue weighted by molar-refractivity contribution is 6.30. The van der Waals surface area contributed by atoms with E-state index in [0.29, 0.717) is 0 Å². The van der Waals surface area contributed by atoms with Crippen LogP contribution in [0.3, 0.4) is 0 Å². The number of amides is 2. The lowest BCUT2D eigenvalue weighted by molar-refractivity contribution is 0.0760. The molecule has 2 heterocycles. The molecular formula is C19H28ClN3O2. The van der Waals surface area contributed by atoms with Gasteiger partial charge < -0.3 is 15.0 Å². The molecule has 2 fully saturated rings. The topological polar surface area (TPSA) is 44.8 Å². The number of hydrogen-bond donors (Lipinski definition) is 1. The lowest BCUT2D eigenvalue weighted by Gasteiger charge is -2.36. The van der Waals surface area contributed by atoms with Gasteiger partial charge in [-0.15, -0.1) is 0 Å². The number of ether oxygens (including phenoxy) is 1. The summed E-state index contributed by atoms with van der Waals surface area (Å²) >= 11 is 6.03. The zero-order valence-corrected chi connectivity index (χ0v) is 15.5. The Balaban J connectivity index is 1.33. The quantitative estimate of drug-likeness (QED) is 0.872. The number of aryl methyl sites for hydroxylation is 1. The molecule has 1 aromatic rings. The Kier molecular flexibility index (Phi) is 6.96. The van der Waals surface area contributed by atoms with E-state index in [4.69, 9.17) is 16.3 Å². The molecule has 6 heteroatoms. The Morgan fingerprint density at radius 1 is 1.20 bits per heavy atom.